The van der Waals surface area contributed by atoms with Crippen LogP contribution in [-0.2, 0) is 6.61 Å². The van der Waals surface area contributed by atoms with Crippen LogP contribution in [0.2, 0.25) is 5.02 Å². The van der Waals surface area contributed by atoms with Crippen LogP contribution in [0.4, 0.5) is 8.78 Å². The zero-order chi connectivity index (χ0) is 27.1. The topological polar surface area (TPSA) is 76.7 Å². The number of halogens is 3. The molecule has 0 aliphatic rings. The van der Waals surface area contributed by atoms with Gasteiger partial charge in [-0.25, -0.2) is 8.78 Å². The first kappa shape index (κ1) is 26.6. The van der Waals surface area contributed by atoms with E-state index in [0.29, 0.717) is 22.1 Å². The molecule has 194 valence electrons. The Hall–Kier alpha value is -4.43. The van der Waals surface area contributed by atoms with Gasteiger partial charge in [0.05, 0.1) is 7.11 Å². The molecule has 0 heterocycles. The molecule has 0 bridgehead atoms. The van der Waals surface area contributed by atoms with Crippen LogP contribution in [0.25, 0.3) is 0 Å². The highest BCUT2D eigenvalue weighted by Gasteiger charge is 2.21. The van der Waals surface area contributed by atoms with E-state index in [0.717, 1.165) is 29.8 Å². The molecule has 4 aromatic carbocycles. The lowest BCUT2D eigenvalue weighted by molar-refractivity contribution is 0.0883. The van der Waals surface area contributed by atoms with Crippen molar-refractivity contribution in [2.75, 3.05) is 7.11 Å². The van der Waals surface area contributed by atoms with Crippen LogP contribution in [-0.4, -0.2) is 18.9 Å². The van der Waals surface area contributed by atoms with Gasteiger partial charge >= 0.3 is 0 Å². The van der Waals surface area contributed by atoms with Crippen molar-refractivity contribution in [2.45, 2.75) is 12.8 Å². The fourth-order valence-corrected chi connectivity index (χ4v) is 3.78. The lowest BCUT2D eigenvalue weighted by Gasteiger charge is -2.22. The molecular weight excluding hydrogens is 514 g/mol. The summed E-state index contributed by atoms with van der Waals surface area (Å²) in [5, 5.41) is 6.04. The minimum Gasteiger partial charge on any atom is -0.493 e. The van der Waals surface area contributed by atoms with E-state index in [4.69, 9.17) is 21.1 Å². The van der Waals surface area contributed by atoms with Crippen molar-refractivity contribution >= 4 is 23.4 Å². The van der Waals surface area contributed by atoms with Crippen LogP contribution in [0.1, 0.15) is 38.0 Å². The zero-order valence-electron chi connectivity index (χ0n) is 20.2. The maximum Gasteiger partial charge on any atom is 0.253 e. The van der Waals surface area contributed by atoms with Gasteiger partial charge in [-0.3, -0.25) is 9.59 Å². The summed E-state index contributed by atoms with van der Waals surface area (Å²) < 4.78 is 38.1. The molecule has 0 saturated heterocycles. The Labute approximate surface area is 223 Å². The van der Waals surface area contributed by atoms with Crippen LogP contribution in [0.5, 0.6) is 11.5 Å². The monoisotopic (exact) mass is 536 g/mol. The van der Waals surface area contributed by atoms with Gasteiger partial charge in [0.1, 0.15) is 24.4 Å². The Kier molecular flexibility index (Phi) is 8.55. The third-order valence-electron chi connectivity index (χ3n) is 5.63. The quantitative estimate of drug-likeness (QED) is 0.255. The average molecular weight is 537 g/mol. The molecule has 2 amide bonds. The standard InChI is InChI=1S/C29H23ClF2N2O4/c1-37-26-16-20(10-15-25(26)38-17-21-4-2-3-5-24(21)30)27(33-28(35)18-6-11-22(31)12-7-18)34-29(36)19-8-13-23(32)14-9-19/h2-16,27H,17H2,1H3,(H,33,35)(H,34,36). The molecule has 0 aliphatic carbocycles. The number of carbonyl (C=O) groups excluding carboxylic acids is 2. The summed E-state index contributed by atoms with van der Waals surface area (Å²) in [6.45, 7) is 0.196. The predicted molar refractivity (Wildman–Crippen MR) is 139 cm³/mol. The van der Waals surface area contributed by atoms with E-state index in [1.807, 2.05) is 18.2 Å². The molecule has 38 heavy (non-hydrogen) atoms. The number of amides is 2. The second-order valence-electron chi connectivity index (χ2n) is 8.18. The van der Waals surface area contributed by atoms with Gasteiger partial charge in [-0.1, -0.05) is 35.9 Å². The van der Waals surface area contributed by atoms with Gasteiger partial charge in [-0.2, -0.15) is 0 Å². The summed E-state index contributed by atoms with van der Waals surface area (Å²) in [5.41, 5.74) is 1.65. The molecule has 0 aromatic heterocycles. The van der Waals surface area contributed by atoms with E-state index in [1.54, 1.807) is 24.3 Å². The zero-order valence-corrected chi connectivity index (χ0v) is 21.0. The number of rotatable bonds is 9. The fraction of sp³-hybridized carbons (Fsp3) is 0.103. The lowest BCUT2D eigenvalue weighted by atomic mass is 10.1. The molecule has 0 radical (unpaired) electrons. The maximum absolute atomic E-state index is 13.3. The van der Waals surface area contributed by atoms with E-state index < -0.39 is 29.6 Å². The Morgan fingerprint density at radius 1 is 0.789 bits per heavy atom. The fourth-order valence-electron chi connectivity index (χ4n) is 3.59. The third kappa shape index (κ3) is 6.66. The first-order valence-electron chi connectivity index (χ1n) is 11.5. The highest BCUT2D eigenvalue weighted by atomic mass is 35.5. The van der Waals surface area contributed by atoms with E-state index >= 15 is 0 Å². The van der Waals surface area contributed by atoms with Gasteiger partial charge in [0, 0.05) is 21.7 Å². The van der Waals surface area contributed by atoms with E-state index in [1.165, 1.54) is 31.4 Å². The van der Waals surface area contributed by atoms with Crippen LogP contribution >= 0.6 is 11.6 Å². The Balaban J connectivity index is 1.59. The number of carbonyl (C=O) groups is 2. The minimum absolute atomic E-state index is 0.194. The summed E-state index contributed by atoms with van der Waals surface area (Å²) in [6.07, 6.45) is -1.02. The summed E-state index contributed by atoms with van der Waals surface area (Å²) in [7, 11) is 1.46. The van der Waals surface area contributed by atoms with E-state index in [9.17, 15) is 18.4 Å². The van der Waals surface area contributed by atoms with Crippen molar-refractivity contribution < 1.29 is 27.8 Å². The van der Waals surface area contributed by atoms with Gasteiger partial charge in [0.15, 0.2) is 11.5 Å². The Morgan fingerprint density at radius 2 is 1.34 bits per heavy atom. The highest BCUT2D eigenvalue weighted by molar-refractivity contribution is 6.31. The Morgan fingerprint density at radius 3 is 1.87 bits per heavy atom. The van der Waals surface area contributed by atoms with Crippen LogP contribution in [0.3, 0.4) is 0 Å². The molecule has 6 nitrogen and oxygen atoms in total. The smallest absolute Gasteiger partial charge is 0.253 e. The lowest BCUT2D eigenvalue weighted by Crippen LogP contribution is -2.41. The van der Waals surface area contributed by atoms with Crippen LogP contribution in [0, 0.1) is 11.6 Å². The van der Waals surface area contributed by atoms with Gasteiger partial charge in [-0.05, 0) is 72.3 Å². The predicted octanol–water partition coefficient (Wildman–Crippen LogP) is 6.06. The van der Waals surface area contributed by atoms with Crippen LogP contribution < -0.4 is 20.1 Å². The van der Waals surface area contributed by atoms with Gasteiger partial charge in [0.25, 0.3) is 11.8 Å². The number of hydrogen-bond acceptors (Lipinski definition) is 4. The van der Waals surface area contributed by atoms with Crippen molar-refractivity contribution in [3.63, 3.8) is 0 Å². The summed E-state index contributed by atoms with van der Waals surface area (Å²) in [5.74, 6) is -1.30. The molecular formula is C29H23ClF2N2O4. The summed E-state index contributed by atoms with van der Waals surface area (Å²) in [6, 6.07) is 22.2. The van der Waals surface area contributed by atoms with Crippen molar-refractivity contribution in [3.05, 3.63) is 130 Å². The Bertz CT molecular complexity index is 1370. The molecule has 0 fully saturated rings. The van der Waals surface area contributed by atoms with E-state index in [-0.39, 0.29) is 17.7 Å². The SMILES string of the molecule is COc1cc(C(NC(=O)c2ccc(F)cc2)NC(=O)c2ccc(F)cc2)ccc1OCc1ccccc1Cl. The molecule has 0 aliphatic heterocycles. The number of hydrogen-bond donors (Lipinski definition) is 2. The molecule has 0 saturated carbocycles. The second kappa shape index (κ2) is 12.2. The van der Waals surface area contributed by atoms with Gasteiger partial charge < -0.3 is 20.1 Å². The molecule has 0 atom stereocenters. The number of ether oxygens (including phenoxy) is 2. The molecule has 9 heteroatoms. The van der Waals surface area contributed by atoms with Crippen molar-refractivity contribution in [3.8, 4) is 11.5 Å². The summed E-state index contributed by atoms with van der Waals surface area (Å²) >= 11 is 6.21. The molecule has 4 rings (SSSR count). The minimum atomic E-state index is -1.02. The average Bonchev–Trinajstić information content (AvgIpc) is 2.92. The largest absolute Gasteiger partial charge is 0.493 e. The number of benzene rings is 4. The normalized spacial score (nSPS) is 10.7. The first-order chi connectivity index (χ1) is 18.3. The third-order valence-corrected chi connectivity index (χ3v) is 5.99. The summed E-state index contributed by atoms with van der Waals surface area (Å²) in [4.78, 5) is 25.8. The highest BCUT2D eigenvalue weighted by Crippen LogP contribution is 2.31. The molecule has 4 aromatic rings. The number of methoxy groups -OCH3 is 1. The first-order valence-corrected chi connectivity index (χ1v) is 11.9. The van der Waals surface area contributed by atoms with E-state index in [2.05, 4.69) is 10.6 Å². The molecule has 0 unspecified atom stereocenters. The van der Waals surface area contributed by atoms with Crippen molar-refractivity contribution in [2.24, 2.45) is 0 Å². The van der Waals surface area contributed by atoms with Gasteiger partial charge in [0.2, 0.25) is 0 Å². The van der Waals surface area contributed by atoms with Gasteiger partial charge in [-0.15, -0.1) is 0 Å². The maximum atomic E-state index is 13.3. The molecule has 0 spiro atoms. The number of nitrogens with one attached hydrogen (secondary N) is 2. The molecule has 2 N–H and O–H groups in total. The second-order valence-corrected chi connectivity index (χ2v) is 8.59. The van der Waals surface area contributed by atoms with Crippen molar-refractivity contribution in [1.29, 1.82) is 0 Å². The van der Waals surface area contributed by atoms with Crippen molar-refractivity contribution in [1.82, 2.24) is 10.6 Å². The van der Waals surface area contributed by atoms with Crippen LogP contribution in [0.15, 0.2) is 91.0 Å².